The van der Waals surface area contributed by atoms with Crippen LogP contribution >= 0.6 is 23.1 Å². The molecule has 1 N–H and O–H groups in total. The van der Waals surface area contributed by atoms with E-state index < -0.39 is 5.97 Å². The summed E-state index contributed by atoms with van der Waals surface area (Å²) in [5, 5.41) is 18.8. The predicted molar refractivity (Wildman–Crippen MR) is 90.0 cm³/mol. The summed E-state index contributed by atoms with van der Waals surface area (Å²) in [5.41, 5.74) is 2.40. The molecule has 0 unspecified atom stereocenters. The number of nitrogens with zero attached hydrogens (tertiary/aromatic N) is 4. The Morgan fingerprint density at radius 2 is 2.13 bits per heavy atom. The minimum absolute atomic E-state index is 0.0753. The molecular weight excluding hydrogens is 332 g/mol. The zero-order chi connectivity index (χ0) is 15.8. The zero-order valence-corrected chi connectivity index (χ0v) is 13.3. The van der Waals surface area contributed by atoms with Crippen molar-refractivity contribution in [1.82, 2.24) is 19.6 Å². The fourth-order valence-corrected chi connectivity index (χ4v) is 3.56. The highest BCUT2D eigenvalue weighted by Crippen LogP contribution is 2.26. The molecule has 0 bridgehead atoms. The molecular formula is C15H10N4O2S2. The fourth-order valence-electron chi connectivity index (χ4n) is 2.26. The Balaban J connectivity index is 1.96. The lowest BCUT2D eigenvalue weighted by Gasteiger charge is -2.04. The summed E-state index contributed by atoms with van der Waals surface area (Å²) in [6.45, 7) is 0. The smallest absolute Gasteiger partial charge is 0.313 e. The van der Waals surface area contributed by atoms with Crippen molar-refractivity contribution in [3.8, 4) is 11.4 Å². The molecule has 3 heterocycles. The quantitative estimate of drug-likeness (QED) is 0.453. The molecule has 114 valence electrons. The molecule has 6 nitrogen and oxygen atoms in total. The van der Waals surface area contributed by atoms with Gasteiger partial charge in [-0.1, -0.05) is 23.9 Å². The van der Waals surface area contributed by atoms with Gasteiger partial charge in [0.1, 0.15) is 0 Å². The minimum Gasteiger partial charge on any atom is -0.481 e. The Kier molecular flexibility index (Phi) is 3.47. The SMILES string of the molecule is O=C(O)CSc1nc2ccccc2c2nc(-c3ccsc3)nn12. The van der Waals surface area contributed by atoms with Crippen LogP contribution in [0.4, 0.5) is 0 Å². The van der Waals surface area contributed by atoms with Gasteiger partial charge >= 0.3 is 5.97 Å². The number of para-hydroxylation sites is 1. The molecule has 0 aliphatic rings. The maximum absolute atomic E-state index is 10.9. The van der Waals surface area contributed by atoms with Crippen molar-refractivity contribution in [3.63, 3.8) is 0 Å². The molecule has 3 aromatic heterocycles. The third-order valence-corrected chi connectivity index (χ3v) is 4.85. The molecule has 4 rings (SSSR count). The maximum Gasteiger partial charge on any atom is 0.313 e. The lowest BCUT2D eigenvalue weighted by Crippen LogP contribution is -2.03. The van der Waals surface area contributed by atoms with Crippen molar-refractivity contribution in [2.24, 2.45) is 0 Å². The third-order valence-electron chi connectivity index (χ3n) is 3.25. The van der Waals surface area contributed by atoms with E-state index in [1.165, 1.54) is 0 Å². The average molecular weight is 342 g/mol. The summed E-state index contributed by atoms with van der Waals surface area (Å²) in [5.74, 6) is -0.355. The van der Waals surface area contributed by atoms with E-state index in [2.05, 4.69) is 15.1 Å². The highest BCUT2D eigenvalue weighted by Gasteiger charge is 2.15. The van der Waals surface area contributed by atoms with Crippen molar-refractivity contribution in [2.75, 3.05) is 5.75 Å². The first-order valence-electron chi connectivity index (χ1n) is 6.75. The molecule has 0 amide bonds. The zero-order valence-electron chi connectivity index (χ0n) is 11.7. The predicted octanol–water partition coefficient (Wildman–Crippen LogP) is 3.18. The largest absolute Gasteiger partial charge is 0.481 e. The number of aliphatic carboxylic acids is 1. The second-order valence-corrected chi connectivity index (χ2v) is 6.50. The van der Waals surface area contributed by atoms with Crippen molar-refractivity contribution < 1.29 is 9.90 Å². The fraction of sp³-hybridized carbons (Fsp3) is 0.0667. The van der Waals surface area contributed by atoms with Gasteiger partial charge in [0.15, 0.2) is 16.6 Å². The maximum atomic E-state index is 10.9. The van der Waals surface area contributed by atoms with Crippen LogP contribution in [0, 0.1) is 0 Å². The van der Waals surface area contributed by atoms with Crippen LogP contribution in [-0.4, -0.2) is 36.4 Å². The van der Waals surface area contributed by atoms with E-state index in [1.807, 2.05) is 41.1 Å². The number of carbonyl (C=O) groups is 1. The molecule has 8 heteroatoms. The first kappa shape index (κ1) is 14.2. The molecule has 0 aliphatic carbocycles. The lowest BCUT2D eigenvalue weighted by molar-refractivity contribution is -0.133. The van der Waals surface area contributed by atoms with E-state index >= 15 is 0 Å². The highest BCUT2D eigenvalue weighted by atomic mass is 32.2. The number of hydrogen-bond acceptors (Lipinski definition) is 6. The lowest BCUT2D eigenvalue weighted by atomic mass is 10.2. The third kappa shape index (κ3) is 2.55. The van der Waals surface area contributed by atoms with Crippen LogP contribution in [0.2, 0.25) is 0 Å². The van der Waals surface area contributed by atoms with Crippen LogP contribution in [0.3, 0.4) is 0 Å². The van der Waals surface area contributed by atoms with Crippen molar-refractivity contribution in [2.45, 2.75) is 5.16 Å². The molecule has 0 aliphatic heterocycles. The van der Waals surface area contributed by atoms with Gasteiger partial charge in [-0.15, -0.1) is 5.10 Å². The summed E-state index contributed by atoms with van der Waals surface area (Å²) in [6.07, 6.45) is 0. The molecule has 0 saturated carbocycles. The molecule has 0 atom stereocenters. The van der Waals surface area contributed by atoms with Crippen molar-refractivity contribution >= 4 is 45.6 Å². The highest BCUT2D eigenvalue weighted by molar-refractivity contribution is 7.99. The minimum atomic E-state index is -0.892. The Bertz CT molecular complexity index is 1010. The van der Waals surface area contributed by atoms with Gasteiger partial charge in [-0.2, -0.15) is 15.9 Å². The number of carboxylic acid groups (broad SMARTS) is 1. The topological polar surface area (TPSA) is 80.4 Å². The molecule has 0 radical (unpaired) electrons. The van der Waals surface area contributed by atoms with E-state index in [0.717, 1.165) is 28.2 Å². The van der Waals surface area contributed by atoms with Gasteiger partial charge in [-0.25, -0.2) is 9.97 Å². The van der Waals surface area contributed by atoms with Crippen molar-refractivity contribution in [3.05, 3.63) is 41.1 Å². The molecule has 0 spiro atoms. The first-order valence-corrected chi connectivity index (χ1v) is 8.68. The van der Waals surface area contributed by atoms with Crippen LogP contribution in [0.25, 0.3) is 27.9 Å². The number of thioether (sulfide) groups is 1. The van der Waals surface area contributed by atoms with Crippen LogP contribution < -0.4 is 0 Å². The normalized spacial score (nSPS) is 11.3. The van der Waals surface area contributed by atoms with Gasteiger partial charge in [-0.3, -0.25) is 4.79 Å². The number of thiophene rings is 1. The molecule has 23 heavy (non-hydrogen) atoms. The first-order chi connectivity index (χ1) is 11.2. The standard InChI is InChI=1S/C15H10N4O2S2/c20-12(21)8-23-15-16-11-4-2-1-3-10(11)14-17-13(18-19(14)15)9-5-6-22-7-9/h1-7H,8H2,(H,20,21). The van der Waals surface area contributed by atoms with Gasteiger partial charge in [0.25, 0.3) is 0 Å². The number of benzene rings is 1. The second kappa shape index (κ2) is 5.64. The number of fused-ring (bicyclic) bond motifs is 3. The Hall–Kier alpha value is -2.45. The van der Waals surface area contributed by atoms with Gasteiger partial charge in [-0.05, 0) is 23.6 Å². The van der Waals surface area contributed by atoms with Gasteiger partial charge < -0.3 is 5.11 Å². The molecule has 0 saturated heterocycles. The van der Waals surface area contributed by atoms with Crippen LogP contribution in [-0.2, 0) is 4.79 Å². The van der Waals surface area contributed by atoms with E-state index in [0.29, 0.717) is 16.6 Å². The van der Waals surface area contributed by atoms with E-state index in [4.69, 9.17) is 5.11 Å². The Morgan fingerprint density at radius 3 is 2.91 bits per heavy atom. The van der Waals surface area contributed by atoms with E-state index in [-0.39, 0.29) is 5.75 Å². The number of rotatable bonds is 4. The summed E-state index contributed by atoms with van der Waals surface area (Å²) in [6, 6.07) is 9.61. The van der Waals surface area contributed by atoms with Gasteiger partial charge in [0.2, 0.25) is 0 Å². The number of carboxylic acids is 1. The second-order valence-electron chi connectivity index (χ2n) is 4.78. The van der Waals surface area contributed by atoms with Crippen LogP contribution in [0.1, 0.15) is 0 Å². The monoisotopic (exact) mass is 342 g/mol. The molecule has 4 aromatic rings. The number of hydrogen-bond donors (Lipinski definition) is 1. The van der Waals surface area contributed by atoms with Gasteiger partial charge in [0, 0.05) is 16.3 Å². The summed E-state index contributed by atoms with van der Waals surface area (Å²) in [7, 11) is 0. The summed E-state index contributed by atoms with van der Waals surface area (Å²) < 4.78 is 1.63. The van der Waals surface area contributed by atoms with Gasteiger partial charge in [0.05, 0.1) is 11.3 Å². The molecule has 1 aromatic carbocycles. The van der Waals surface area contributed by atoms with E-state index in [9.17, 15) is 4.79 Å². The van der Waals surface area contributed by atoms with Crippen LogP contribution in [0.15, 0.2) is 46.2 Å². The average Bonchev–Trinajstić information content (AvgIpc) is 3.21. The van der Waals surface area contributed by atoms with Crippen LogP contribution in [0.5, 0.6) is 0 Å². The Labute approximate surface area is 138 Å². The number of aromatic nitrogens is 4. The summed E-state index contributed by atoms with van der Waals surface area (Å²) >= 11 is 2.71. The summed E-state index contributed by atoms with van der Waals surface area (Å²) in [4.78, 5) is 20.0. The Morgan fingerprint density at radius 1 is 1.26 bits per heavy atom. The van der Waals surface area contributed by atoms with E-state index in [1.54, 1.807) is 15.9 Å². The molecule has 0 fully saturated rings. The van der Waals surface area contributed by atoms with Crippen molar-refractivity contribution in [1.29, 1.82) is 0 Å².